The summed E-state index contributed by atoms with van der Waals surface area (Å²) in [7, 11) is -3.62. The first-order valence-electron chi connectivity index (χ1n) is 8.81. The summed E-state index contributed by atoms with van der Waals surface area (Å²) >= 11 is 0. The SMILES string of the molecule is CC(=O)c1ccc(OC(=O)c2cccc(S(=O)(=O)N3CCCCC3)c2)cc1. The van der Waals surface area contributed by atoms with Crippen LogP contribution in [0.2, 0.25) is 0 Å². The van der Waals surface area contributed by atoms with Gasteiger partial charge >= 0.3 is 5.97 Å². The number of carbonyl (C=O) groups is 2. The third kappa shape index (κ3) is 4.43. The van der Waals surface area contributed by atoms with Crippen LogP contribution < -0.4 is 4.74 Å². The van der Waals surface area contributed by atoms with Crippen LogP contribution in [0.15, 0.2) is 53.4 Å². The number of hydrogen-bond acceptors (Lipinski definition) is 5. The Labute approximate surface area is 158 Å². The third-order valence-electron chi connectivity index (χ3n) is 4.49. The molecule has 1 heterocycles. The molecule has 2 aromatic rings. The zero-order valence-corrected chi connectivity index (χ0v) is 15.9. The standard InChI is InChI=1S/C20H21NO5S/c1-15(22)16-8-10-18(11-9-16)26-20(23)17-6-5-7-19(14-17)27(24,25)21-12-3-2-4-13-21/h5-11,14H,2-4,12-13H2,1H3. The molecule has 7 heteroatoms. The van der Waals surface area contributed by atoms with E-state index in [2.05, 4.69) is 0 Å². The molecule has 0 aromatic heterocycles. The Bertz CT molecular complexity index is 945. The first kappa shape index (κ1) is 19.3. The summed E-state index contributed by atoms with van der Waals surface area (Å²) in [4.78, 5) is 23.8. The van der Waals surface area contributed by atoms with Crippen molar-refractivity contribution in [3.8, 4) is 5.75 Å². The Hall–Kier alpha value is -2.51. The van der Waals surface area contributed by atoms with Crippen LogP contribution in [0.1, 0.15) is 46.9 Å². The highest BCUT2D eigenvalue weighted by Gasteiger charge is 2.26. The van der Waals surface area contributed by atoms with Crippen LogP contribution in [0.3, 0.4) is 0 Å². The summed E-state index contributed by atoms with van der Waals surface area (Å²) in [6, 6.07) is 12.1. The van der Waals surface area contributed by atoms with E-state index in [-0.39, 0.29) is 22.0 Å². The number of Topliss-reactive ketones (excluding diaryl/α,β-unsaturated/α-hetero) is 1. The fourth-order valence-electron chi connectivity index (χ4n) is 2.96. The van der Waals surface area contributed by atoms with Crippen molar-refractivity contribution in [2.24, 2.45) is 0 Å². The molecule has 1 saturated heterocycles. The van der Waals surface area contributed by atoms with Gasteiger partial charge in [-0.1, -0.05) is 12.5 Å². The van der Waals surface area contributed by atoms with Gasteiger partial charge in [0.15, 0.2) is 5.78 Å². The van der Waals surface area contributed by atoms with Crippen LogP contribution in [0.4, 0.5) is 0 Å². The van der Waals surface area contributed by atoms with Crippen LogP contribution >= 0.6 is 0 Å². The molecule has 2 aromatic carbocycles. The molecule has 0 atom stereocenters. The number of sulfonamides is 1. The number of rotatable bonds is 5. The van der Waals surface area contributed by atoms with Crippen molar-refractivity contribution < 1.29 is 22.7 Å². The molecule has 0 aliphatic carbocycles. The largest absolute Gasteiger partial charge is 0.423 e. The fraction of sp³-hybridized carbons (Fsp3) is 0.300. The van der Waals surface area contributed by atoms with Crippen molar-refractivity contribution >= 4 is 21.8 Å². The number of nitrogens with zero attached hydrogens (tertiary/aromatic N) is 1. The Morgan fingerprint density at radius 2 is 1.59 bits per heavy atom. The second kappa shape index (κ2) is 8.02. The second-order valence-corrected chi connectivity index (χ2v) is 8.40. The normalized spacial score (nSPS) is 15.3. The molecule has 27 heavy (non-hydrogen) atoms. The summed E-state index contributed by atoms with van der Waals surface area (Å²) in [5, 5.41) is 0. The molecule has 3 rings (SSSR count). The van der Waals surface area contributed by atoms with Crippen molar-refractivity contribution in [1.82, 2.24) is 4.31 Å². The number of hydrogen-bond donors (Lipinski definition) is 0. The van der Waals surface area contributed by atoms with Gasteiger partial charge in [-0.15, -0.1) is 0 Å². The number of benzene rings is 2. The molecule has 1 aliphatic heterocycles. The minimum absolute atomic E-state index is 0.0801. The number of ether oxygens (including phenoxy) is 1. The minimum Gasteiger partial charge on any atom is -0.423 e. The molecule has 0 unspecified atom stereocenters. The molecule has 0 amide bonds. The number of esters is 1. The quantitative estimate of drug-likeness (QED) is 0.447. The second-order valence-electron chi connectivity index (χ2n) is 6.46. The van der Waals surface area contributed by atoms with Gasteiger partial charge in [-0.2, -0.15) is 4.31 Å². The van der Waals surface area contributed by atoms with Gasteiger partial charge in [0, 0.05) is 18.7 Å². The van der Waals surface area contributed by atoms with E-state index in [1.54, 1.807) is 12.1 Å². The lowest BCUT2D eigenvalue weighted by atomic mass is 10.1. The molecule has 0 spiro atoms. The van der Waals surface area contributed by atoms with E-state index in [4.69, 9.17) is 4.74 Å². The molecular formula is C20H21NO5S. The maximum atomic E-state index is 12.8. The summed E-state index contributed by atoms with van der Waals surface area (Å²) < 4.78 is 32.3. The number of piperidine rings is 1. The first-order valence-corrected chi connectivity index (χ1v) is 10.3. The lowest BCUT2D eigenvalue weighted by Gasteiger charge is -2.25. The summed E-state index contributed by atoms with van der Waals surface area (Å²) in [5.41, 5.74) is 0.674. The Kier molecular flexibility index (Phi) is 5.72. The van der Waals surface area contributed by atoms with E-state index in [0.717, 1.165) is 19.3 Å². The van der Waals surface area contributed by atoms with E-state index >= 15 is 0 Å². The van der Waals surface area contributed by atoms with Gasteiger partial charge in [0.1, 0.15) is 5.75 Å². The smallest absolute Gasteiger partial charge is 0.343 e. The van der Waals surface area contributed by atoms with Crippen molar-refractivity contribution in [2.75, 3.05) is 13.1 Å². The highest BCUT2D eigenvalue weighted by molar-refractivity contribution is 7.89. The van der Waals surface area contributed by atoms with E-state index in [1.807, 2.05) is 0 Å². The average molecular weight is 387 g/mol. The topological polar surface area (TPSA) is 80.8 Å². The predicted molar refractivity (Wildman–Crippen MR) is 100 cm³/mol. The first-order chi connectivity index (χ1) is 12.9. The molecule has 6 nitrogen and oxygen atoms in total. The molecule has 0 saturated carbocycles. The highest BCUT2D eigenvalue weighted by atomic mass is 32.2. The van der Waals surface area contributed by atoms with Crippen molar-refractivity contribution in [3.63, 3.8) is 0 Å². The maximum absolute atomic E-state index is 12.8. The zero-order chi connectivity index (χ0) is 19.4. The maximum Gasteiger partial charge on any atom is 0.343 e. The van der Waals surface area contributed by atoms with E-state index in [9.17, 15) is 18.0 Å². The lowest BCUT2D eigenvalue weighted by Crippen LogP contribution is -2.35. The number of ketones is 1. The van der Waals surface area contributed by atoms with Gasteiger partial charge in [0.05, 0.1) is 10.5 Å². The molecule has 0 radical (unpaired) electrons. The van der Waals surface area contributed by atoms with Gasteiger partial charge in [0.2, 0.25) is 10.0 Å². The van der Waals surface area contributed by atoms with Gasteiger partial charge in [-0.25, -0.2) is 13.2 Å². The lowest BCUT2D eigenvalue weighted by molar-refractivity contribution is 0.0734. The van der Waals surface area contributed by atoms with E-state index in [0.29, 0.717) is 18.7 Å². The van der Waals surface area contributed by atoms with Crippen LogP contribution in [0.5, 0.6) is 5.75 Å². The van der Waals surface area contributed by atoms with Crippen LogP contribution in [0.25, 0.3) is 0 Å². The Balaban J connectivity index is 1.78. The van der Waals surface area contributed by atoms with Crippen molar-refractivity contribution in [1.29, 1.82) is 0 Å². The molecule has 142 valence electrons. The molecule has 1 aliphatic rings. The van der Waals surface area contributed by atoms with Gasteiger partial charge in [-0.3, -0.25) is 4.79 Å². The van der Waals surface area contributed by atoms with Crippen LogP contribution in [0, 0.1) is 0 Å². The highest BCUT2D eigenvalue weighted by Crippen LogP contribution is 2.22. The van der Waals surface area contributed by atoms with Crippen LogP contribution in [-0.4, -0.2) is 37.6 Å². The number of carbonyl (C=O) groups excluding carboxylic acids is 2. The summed E-state index contributed by atoms with van der Waals surface area (Å²) in [6.45, 7) is 2.45. The molecule has 0 bridgehead atoms. The minimum atomic E-state index is -3.62. The molecular weight excluding hydrogens is 366 g/mol. The van der Waals surface area contributed by atoms with E-state index in [1.165, 1.54) is 47.6 Å². The van der Waals surface area contributed by atoms with Crippen molar-refractivity contribution in [3.05, 3.63) is 59.7 Å². The van der Waals surface area contributed by atoms with Gasteiger partial charge in [-0.05, 0) is 62.2 Å². The predicted octanol–water partition coefficient (Wildman–Crippen LogP) is 3.28. The zero-order valence-electron chi connectivity index (χ0n) is 15.1. The molecule has 1 fully saturated rings. The summed E-state index contributed by atoms with van der Waals surface area (Å²) in [5.74, 6) is -0.445. The third-order valence-corrected chi connectivity index (χ3v) is 6.39. The van der Waals surface area contributed by atoms with Crippen molar-refractivity contribution in [2.45, 2.75) is 31.1 Å². The monoisotopic (exact) mass is 387 g/mol. The van der Waals surface area contributed by atoms with Crippen LogP contribution in [-0.2, 0) is 10.0 Å². The average Bonchev–Trinajstić information content (AvgIpc) is 2.69. The Morgan fingerprint density at radius 3 is 2.22 bits per heavy atom. The molecule has 0 N–H and O–H groups in total. The fourth-order valence-corrected chi connectivity index (χ4v) is 4.52. The summed E-state index contributed by atoms with van der Waals surface area (Å²) in [6.07, 6.45) is 2.72. The van der Waals surface area contributed by atoms with Gasteiger partial charge in [0.25, 0.3) is 0 Å². The van der Waals surface area contributed by atoms with E-state index < -0.39 is 16.0 Å². The Morgan fingerprint density at radius 1 is 0.926 bits per heavy atom. The van der Waals surface area contributed by atoms with Gasteiger partial charge < -0.3 is 4.74 Å².